The van der Waals surface area contributed by atoms with E-state index >= 15 is 0 Å². The van der Waals surface area contributed by atoms with Crippen LogP contribution >= 0.6 is 0 Å². The molecule has 0 saturated carbocycles. The number of hydrogen-bond acceptors (Lipinski definition) is 3. The van der Waals surface area contributed by atoms with Crippen LogP contribution in [0.4, 0.5) is 5.69 Å². The van der Waals surface area contributed by atoms with Crippen molar-refractivity contribution >= 4 is 21.6 Å². The molecule has 0 spiro atoms. The Morgan fingerprint density at radius 2 is 1.81 bits per heavy atom. The van der Waals surface area contributed by atoms with E-state index in [1.807, 2.05) is 62.4 Å². The summed E-state index contributed by atoms with van der Waals surface area (Å²) < 4.78 is 25.8. The highest BCUT2D eigenvalue weighted by molar-refractivity contribution is 7.88. The average molecular weight is 372 g/mol. The van der Waals surface area contributed by atoms with Crippen LogP contribution < -0.4 is 4.90 Å². The van der Waals surface area contributed by atoms with E-state index in [0.717, 1.165) is 35.1 Å². The molecule has 1 aliphatic heterocycles. The lowest BCUT2D eigenvalue weighted by Gasteiger charge is -2.27. The first-order chi connectivity index (χ1) is 12.3. The van der Waals surface area contributed by atoms with Gasteiger partial charge in [0.1, 0.15) is 0 Å². The van der Waals surface area contributed by atoms with Crippen molar-refractivity contribution in [1.29, 1.82) is 0 Å². The van der Waals surface area contributed by atoms with Gasteiger partial charge in [0, 0.05) is 18.3 Å². The maximum atomic E-state index is 13.0. The Labute approximate surface area is 155 Å². The maximum absolute atomic E-state index is 13.0. The van der Waals surface area contributed by atoms with Crippen LogP contribution in [-0.2, 0) is 27.8 Å². The quantitative estimate of drug-likeness (QED) is 0.811. The van der Waals surface area contributed by atoms with E-state index in [2.05, 4.69) is 0 Å². The van der Waals surface area contributed by atoms with Crippen molar-refractivity contribution in [3.8, 4) is 0 Å². The van der Waals surface area contributed by atoms with E-state index in [9.17, 15) is 13.2 Å². The molecule has 3 rings (SSSR count). The largest absolute Gasteiger partial charge is 0.308 e. The van der Waals surface area contributed by atoms with Gasteiger partial charge in [-0.15, -0.1) is 0 Å². The van der Waals surface area contributed by atoms with E-state index in [1.165, 1.54) is 4.31 Å². The number of amides is 1. The minimum Gasteiger partial charge on any atom is -0.308 e. The second-order valence-corrected chi connectivity index (χ2v) is 8.89. The molecule has 2 aromatic carbocycles. The highest BCUT2D eigenvalue weighted by atomic mass is 32.2. The number of rotatable bonds is 5. The Kier molecular flexibility index (Phi) is 5.16. The summed E-state index contributed by atoms with van der Waals surface area (Å²) in [5.74, 6) is -0.193. The fourth-order valence-corrected chi connectivity index (χ4v) is 4.16. The van der Waals surface area contributed by atoms with Crippen molar-refractivity contribution in [3.05, 3.63) is 65.2 Å². The summed E-state index contributed by atoms with van der Waals surface area (Å²) in [5, 5.41) is 0. The van der Waals surface area contributed by atoms with Crippen molar-refractivity contribution in [2.24, 2.45) is 0 Å². The van der Waals surface area contributed by atoms with Crippen molar-refractivity contribution in [1.82, 2.24) is 4.31 Å². The topological polar surface area (TPSA) is 57.7 Å². The molecule has 0 radical (unpaired) electrons. The van der Waals surface area contributed by atoms with Gasteiger partial charge in [0.05, 0.1) is 12.8 Å². The van der Waals surface area contributed by atoms with Gasteiger partial charge in [0.2, 0.25) is 15.9 Å². The SMILES string of the molecule is Cc1ccccc1CN(CC(=O)N1c2ccccc2CC1C)S(C)(=O)=O. The van der Waals surface area contributed by atoms with Crippen LogP contribution in [0.3, 0.4) is 0 Å². The lowest BCUT2D eigenvalue weighted by Crippen LogP contribution is -2.44. The number of hydrogen-bond donors (Lipinski definition) is 0. The number of aryl methyl sites for hydroxylation is 1. The second kappa shape index (κ2) is 7.21. The third-order valence-electron chi connectivity index (χ3n) is 4.86. The smallest absolute Gasteiger partial charge is 0.242 e. The lowest BCUT2D eigenvalue weighted by molar-refractivity contribution is -0.119. The van der Waals surface area contributed by atoms with Crippen molar-refractivity contribution < 1.29 is 13.2 Å². The molecule has 0 bridgehead atoms. The minimum absolute atomic E-state index is 0.0276. The van der Waals surface area contributed by atoms with Crippen LogP contribution in [-0.4, -0.2) is 37.5 Å². The molecule has 0 aromatic heterocycles. The molecule has 1 heterocycles. The Morgan fingerprint density at radius 1 is 1.15 bits per heavy atom. The predicted octanol–water partition coefficient (Wildman–Crippen LogP) is 2.73. The molecular formula is C20H24N2O3S. The summed E-state index contributed by atoms with van der Waals surface area (Å²) >= 11 is 0. The Bertz CT molecular complexity index is 924. The van der Waals surface area contributed by atoms with Crippen LogP contribution in [0.15, 0.2) is 48.5 Å². The minimum atomic E-state index is -3.51. The first-order valence-corrected chi connectivity index (χ1v) is 10.5. The van der Waals surface area contributed by atoms with Crippen LogP contribution in [0.5, 0.6) is 0 Å². The number of carbonyl (C=O) groups excluding carboxylic acids is 1. The highest BCUT2D eigenvalue weighted by Crippen LogP contribution is 2.32. The highest BCUT2D eigenvalue weighted by Gasteiger charge is 2.32. The van der Waals surface area contributed by atoms with Gasteiger partial charge in [-0.3, -0.25) is 4.79 Å². The van der Waals surface area contributed by atoms with E-state index in [1.54, 1.807) is 4.90 Å². The van der Waals surface area contributed by atoms with Gasteiger partial charge in [0.15, 0.2) is 0 Å². The number of sulfonamides is 1. The molecule has 1 aliphatic rings. The van der Waals surface area contributed by atoms with E-state index in [0.29, 0.717) is 0 Å². The monoisotopic (exact) mass is 372 g/mol. The molecular weight excluding hydrogens is 348 g/mol. The van der Waals surface area contributed by atoms with Gasteiger partial charge in [-0.05, 0) is 43.0 Å². The van der Waals surface area contributed by atoms with Crippen LogP contribution in [0.1, 0.15) is 23.6 Å². The van der Waals surface area contributed by atoms with Crippen LogP contribution in [0.25, 0.3) is 0 Å². The third kappa shape index (κ3) is 3.81. The molecule has 1 amide bonds. The Balaban J connectivity index is 1.84. The Morgan fingerprint density at radius 3 is 2.50 bits per heavy atom. The molecule has 1 unspecified atom stereocenters. The fourth-order valence-electron chi connectivity index (χ4n) is 3.44. The first kappa shape index (κ1) is 18.6. The number of benzene rings is 2. The zero-order chi connectivity index (χ0) is 18.9. The zero-order valence-corrected chi connectivity index (χ0v) is 16.2. The fraction of sp³-hybridized carbons (Fsp3) is 0.350. The van der Waals surface area contributed by atoms with Gasteiger partial charge in [-0.25, -0.2) is 8.42 Å². The summed E-state index contributed by atoms with van der Waals surface area (Å²) in [7, 11) is -3.51. The number of carbonyl (C=O) groups is 1. The number of anilines is 1. The summed E-state index contributed by atoms with van der Waals surface area (Å²) in [5.41, 5.74) is 3.92. The molecule has 0 fully saturated rings. The van der Waals surface area contributed by atoms with E-state index < -0.39 is 10.0 Å². The number of nitrogens with zero attached hydrogens (tertiary/aromatic N) is 2. The molecule has 0 aliphatic carbocycles. The van der Waals surface area contributed by atoms with E-state index in [4.69, 9.17) is 0 Å². The molecule has 1 atom stereocenters. The molecule has 6 heteroatoms. The van der Waals surface area contributed by atoms with Gasteiger partial charge >= 0.3 is 0 Å². The molecule has 0 N–H and O–H groups in total. The first-order valence-electron chi connectivity index (χ1n) is 8.67. The molecule has 138 valence electrons. The summed E-state index contributed by atoms with van der Waals surface area (Å²) in [6.45, 7) is 3.97. The summed E-state index contributed by atoms with van der Waals surface area (Å²) in [4.78, 5) is 14.7. The molecule has 0 saturated heterocycles. The average Bonchev–Trinajstić information content (AvgIpc) is 2.91. The normalized spacial score (nSPS) is 16.8. The Hall–Kier alpha value is -2.18. The summed E-state index contributed by atoms with van der Waals surface area (Å²) in [6, 6.07) is 15.5. The third-order valence-corrected chi connectivity index (χ3v) is 6.06. The van der Waals surface area contributed by atoms with Crippen molar-refractivity contribution in [2.75, 3.05) is 17.7 Å². The molecule has 26 heavy (non-hydrogen) atoms. The van der Waals surface area contributed by atoms with Gasteiger partial charge < -0.3 is 4.90 Å². The standard InChI is InChI=1S/C20H24N2O3S/c1-15-8-4-5-10-18(15)13-21(26(3,24)25)14-20(23)22-16(2)12-17-9-6-7-11-19(17)22/h4-11,16H,12-14H2,1-3H3. The number of para-hydroxylation sites is 1. The maximum Gasteiger partial charge on any atom is 0.242 e. The number of fused-ring (bicyclic) bond motifs is 1. The second-order valence-electron chi connectivity index (χ2n) is 6.90. The van der Waals surface area contributed by atoms with Gasteiger partial charge in [0.25, 0.3) is 0 Å². The van der Waals surface area contributed by atoms with Crippen molar-refractivity contribution in [2.45, 2.75) is 32.9 Å². The lowest BCUT2D eigenvalue weighted by atomic mass is 10.1. The van der Waals surface area contributed by atoms with Crippen LogP contribution in [0, 0.1) is 6.92 Å². The van der Waals surface area contributed by atoms with Gasteiger partial charge in [-0.1, -0.05) is 42.5 Å². The molecule has 2 aromatic rings. The zero-order valence-electron chi connectivity index (χ0n) is 15.3. The predicted molar refractivity (Wildman–Crippen MR) is 104 cm³/mol. The van der Waals surface area contributed by atoms with Crippen molar-refractivity contribution in [3.63, 3.8) is 0 Å². The van der Waals surface area contributed by atoms with E-state index in [-0.39, 0.29) is 25.0 Å². The van der Waals surface area contributed by atoms with Gasteiger partial charge in [-0.2, -0.15) is 4.31 Å². The van der Waals surface area contributed by atoms with Crippen LogP contribution in [0.2, 0.25) is 0 Å². The molecule has 5 nitrogen and oxygen atoms in total. The summed E-state index contributed by atoms with van der Waals surface area (Å²) in [6.07, 6.45) is 1.94.